The van der Waals surface area contributed by atoms with Crippen molar-refractivity contribution in [2.75, 3.05) is 0 Å². The van der Waals surface area contributed by atoms with Crippen LogP contribution in [0.25, 0.3) is 0 Å². The fourth-order valence-corrected chi connectivity index (χ4v) is 5.18. The molecular formula is C17H20N2O3S. The number of aryl methyl sites for hydroxylation is 1. The molecule has 122 valence electrons. The van der Waals surface area contributed by atoms with E-state index in [0.717, 1.165) is 24.1 Å². The van der Waals surface area contributed by atoms with E-state index in [9.17, 15) is 13.5 Å². The zero-order valence-corrected chi connectivity index (χ0v) is 13.7. The van der Waals surface area contributed by atoms with E-state index < -0.39 is 16.1 Å². The number of nitrogens with one attached hydrogen (secondary N) is 1. The van der Waals surface area contributed by atoms with Crippen molar-refractivity contribution in [1.29, 1.82) is 0 Å². The lowest BCUT2D eigenvalue weighted by Gasteiger charge is -2.15. The van der Waals surface area contributed by atoms with Gasteiger partial charge < -0.3 is 5.11 Å². The molecule has 0 heterocycles. The van der Waals surface area contributed by atoms with Crippen molar-refractivity contribution in [2.45, 2.75) is 30.8 Å². The first kappa shape index (κ1) is 14.9. The summed E-state index contributed by atoms with van der Waals surface area (Å²) >= 11 is 0. The fraction of sp³-hybridized carbons (Fsp3) is 0.471. The van der Waals surface area contributed by atoms with Crippen molar-refractivity contribution in [3.8, 4) is 0 Å². The summed E-state index contributed by atoms with van der Waals surface area (Å²) < 4.78 is 24.7. The first-order chi connectivity index (χ1) is 11.0. The average Bonchev–Trinajstić information content (AvgIpc) is 3.14. The van der Waals surface area contributed by atoms with Crippen LogP contribution in [0.4, 0.5) is 0 Å². The Labute approximate surface area is 136 Å². The lowest BCUT2D eigenvalue weighted by atomic mass is 9.91. The van der Waals surface area contributed by atoms with Gasteiger partial charge in [0.05, 0.1) is 11.0 Å². The Hall–Kier alpha value is -1.66. The van der Waals surface area contributed by atoms with Gasteiger partial charge in [0, 0.05) is 11.6 Å². The molecule has 0 radical (unpaired) electrons. The molecule has 0 unspecified atom stereocenters. The van der Waals surface area contributed by atoms with Gasteiger partial charge in [0.25, 0.3) is 10.0 Å². The fourth-order valence-electron chi connectivity index (χ4n) is 4.34. The number of aliphatic hydroxyl groups is 1. The summed E-state index contributed by atoms with van der Waals surface area (Å²) in [7, 11) is -3.66. The normalized spacial score (nSPS) is 36.6. The average molecular weight is 332 g/mol. The number of allylic oxidation sites excluding steroid dienone is 2. The number of sulfonamides is 1. The minimum absolute atomic E-state index is 0.0132. The standard InChI is InChI=1S/C17H20N2O3S/c1-10-2-6-13(7-3-10)23(21,22)19-18-14-8-11-4-5-12-9-15(20)17(14)16(11)12/h2-7,11-12,15-17,19-20H,8-9H2,1H3/b18-14+/t11-,12+,15+,16+,17-/m0/s1. The van der Waals surface area contributed by atoms with E-state index in [1.165, 1.54) is 0 Å². The van der Waals surface area contributed by atoms with Crippen LogP contribution in [0, 0.1) is 30.6 Å². The van der Waals surface area contributed by atoms with E-state index in [-0.39, 0.29) is 10.8 Å². The van der Waals surface area contributed by atoms with Gasteiger partial charge in [-0.15, -0.1) is 0 Å². The molecule has 2 fully saturated rings. The number of nitrogens with zero attached hydrogens (tertiary/aromatic N) is 1. The minimum Gasteiger partial charge on any atom is -0.392 e. The van der Waals surface area contributed by atoms with E-state index in [2.05, 4.69) is 22.1 Å². The molecule has 0 bridgehead atoms. The summed E-state index contributed by atoms with van der Waals surface area (Å²) in [5, 5.41) is 14.5. The quantitative estimate of drug-likeness (QED) is 0.655. The Morgan fingerprint density at radius 3 is 2.61 bits per heavy atom. The Morgan fingerprint density at radius 1 is 1.17 bits per heavy atom. The van der Waals surface area contributed by atoms with Crippen LogP contribution in [0.3, 0.4) is 0 Å². The van der Waals surface area contributed by atoms with Gasteiger partial charge in [-0.25, -0.2) is 4.83 Å². The molecule has 23 heavy (non-hydrogen) atoms. The largest absolute Gasteiger partial charge is 0.392 e. The van der Waals surface area contributed by atoms with Crippen LogP contribution in [-0.4, -0.2) is 25.3 Å². The number of benzene rings is 1. The highest BCUT2D eigenvalue weighted by atomic mass is 32.2. The van der Waals surface area contributed by atoms with Gasteiger partial charge in [-0.2, -0.15) is 13.5 Å². The Morgan fingerprint density at radius 2 is 1.87 bits per heavy atom. The van der Waals surface area contributed by atoms with Gasteiger partial charge in [0.1, 0.15) is 0 Å². The maximum Gasteiger partial charge on any atom is 0.276 e. The zero-order chi connectivity index (χ0) is 16.2. The van der Waals surface area contributed by atoms with Gasteiger partial charge in [-0.3, -0.25) is 0 Å². The molecule has 1 aromatic carbocycles. The third-order valence-electron chi connectivity index (χ3n) is 5.41. The van der Waals surface area contributed by atoms with E-state index in [1.807, 2.05) is 6.92 Å². The number of rotatable bonds is 3. The topological polar surface area (TPSA) is 78.8 Å². The molecule has 5 nitrogen and oxygen atoms in total. The number of hydrogen-bond donors (Lipinski definition) is 2. The molecule has 0 aliphatic heterocycles. The van der Waals surface area contributed by atoms with E-state index in [1.54, 1.807) is 24.3 Å². The highest BCUT2D eigenvalue weighted by molar-refractivity contribution is 7.89. The van der Waals surface area contributed by atoms with Gasteiger partial charge in [-0.1, -0.05) is 29.8 Å². The summed E-state index contributed by atoms with van der Waals surface area (Å²) in [6.07, 6.45) is 5.47. The predicted molar refractivity (Wildman–Crippen MR) is 87.3 cm³/mol. The second-order valence-electron chi connectivity index (χ2n) is 6.83. The van der Waals surface area contributed by atoms with Crippen molar-refractivity contribution in [3.05, 3.63) is 42.0 Å². The zero-order valence-electron chi connectivity index (χ0n) is 12.9. The van der Waals surface area contributed by atoms with Crippen molar-refractivity contribution in [1.82, 2.24) is 4.83 Å². The van der Waals surface area contributed by atoms with Crippen molar-refractivity contribution >= 4 is 15.7 Å². The molecule has 0 aromatic heterocycles. The van der Waals surface area contributed by atoms with Crippen LogP contribution in [0.1, 0.15) is 18.4 Å². The summed E-state index contributed by atoms with van der Waals surface area (Å²) in [5.74, 6) is 1.19. The van der Waals surface area contributed by atoms with Crippen LogP contribution in [0.2, 0.25) is 0 Å². The first-order valence-corrected chi connectivity index (χ1v) is 9.45. The monoisotopic (exact) mass is 332 g/mol. The van der Waals surface area contributed by atoms with E-state index >= 15 is 0 Å². The summed E-state index contributed by atoms with van der Waals surface area (Å²) in [4.78, 5) is 2.56. The Bertz CT molecular complexity index is 783. The molecule has 0 spiro atoms. The molecule has 4 rings (SSSR count). The van der Waals surface area contributed by atoms with Crippen LogP contribution in [-0.2, 0) is 10.0 Å². The summed E-state index contributed by atoms with van der Waals surface area (Å²) in [6, 6.07) is 6.67. The number of hydrazone groups is 1. The predicted octanol–water partition coefficient (Wildman–Crippen LogP) is 1.83. The maximum absolute atomic E-state index is 12.3. The number of aliphatic hydroxyl groups excluding tert-OH is 1. The second-order valence-corrected chi connectivity index (χ2v) is 8.49. The Balaban J connectivity index is 1.57. The van der Waals surface area contributed by atoms with Gasteiger partial charge in [-0.05, 0) is 49.7 Å². The molecule has 3 aliphatic rings. The highest BCUT2D eigenvalue weighted by Gasteiger charge is 2.54. The van der Waals surface area contributed by atoms with Crippen LogP contribution >= 0.6 is 0 Å². The molecule has 3 aliphatic carbocycles. The summed E-state index contributed by atoms with van der Waals surface area (Å²) in [5.41, 5.74) is 1.79. The molecule has 6 heteroatoms. The smallest absolute Gasteiger partial charge is 0.276 e. The molecule has 2 saturated carbocycles. The van der Waals surface area contributed by atoms with E-state index in [4.69, 9.17) is 0 Å². The van der Waals surface area contributed by atoms with Gasteiger partial charge in [0.15, 0.2) is 0 Å². The van der Waals surface area contributed by atoms with Crippen LogP contribution < -0.4 is 4.83 Å². The Kier molecular flexibility index (Phi) is 3.35. The van der Waals surface area contributed by atoms with Crippen molar-refractivity contribution in [2.24, 2.45) is 28.8 Å². The van der Waals surface area contributed by atoms with Crippen molar-refractivity contribution in [3.63, 3.8) is 0 Å². The first-order valence-electron chi connectivity index (χ1n) is 7.97. The van der Waals surface area contributed by atoms with Crippen LogP contribution in [0.5, 0.6) is 0 Å². The SMILES string of the molecule is Cc1ccc(S(=O)(=O)N/N=C2\C[C@@H]3C=C[C@@H]4C[C@@H](O)[C@H]2[C@@H]43)cc1. The molecule has 1 aromatic rings. The van der Waals surface area contributed by atoms with E-state index in [0.29, 0.717) is 17.8 Å². The summed E-state index contributed by atoms with van der Waals surface area (Å²) in [6.45, 7) is 1.91. The van der Waals surface area contributed by atoms with Gasteiger partial charge >= 0.3 is 0 Å². The lowest BCUT2D eigenvalue weighted by molar-refractivity contribution is 0.151. The molecular weight excluding hydrogens is 312 g/mol. The highest BCUT2D eigenvalue weighted by Crippen LogP contribution is 2.53. The number of hydrogen-bond acceptors (Lipinski definition) is 4. The minimum atomic E-state index is -3.66. The third-order valence-corrected chi connectivity index (χ3v) is 6.63. The third kappa shape index (κ3) is 2.40. The molecule has 0 saturated heterocycles. The second kappa shape index (κ2) is 5.18. The maximum atomic E-state index is 12.3. The molecule has 0 amide bonds. The van der Waals surface area contributed by atoms with Gasteiger partial charge in [0.2, 0.25) is 0 Å². The molecule has 5 atom stereocenters. The lowest BCUT2D eigenvalue weighted by Crippen LogP contribution is -2.26. The van der Waals surface area contributed by atoms with Crippen LogP contribution in [0.15, 0.2) is 46.4 Å². The van der Waals surface area contributed by atoms with Crippen molar-refractivity contribution < 1.29 is 13.5 Å². The molecule has 2 N–H and O–H groups in total.